The number of carbonyl (C=O) groups excluding carboxylic acids is 1. The molecular weight excluding hydrogens is 337 g/mol. The summed E-state index contributed by atoms with van der Waals surface area (Å²) in [5.41, 5.74) is 2.43. The highest BCUT2D eigenvalue weighted by Gasteiger charge is 2.38. The zero-order valence-corrected chi connectivity index (χ0v) is 12.1. The van der Waals surface area contributed by atoms with E-state index in [1.165, 1.54) is 5.56 Å². The van der Waals surface area contributed by atoms with E-state index in [9.17, 15) is 4.79 Å². The van der Waals surface area contributed by atoms with Crippen LogP contribution in [-0.4, -0.2) is 15.4 Å². The molecule has 2 aliphatic rings. The Kier molecular flexibility index (Phi) is 3.24. The van der Waals surface area contributed by atoms with Crippen LogP contribution in [0.4, 0.5) is 0 Å². The molecule has 1 aromatic rings. The van der Waals surface area contributed by atoms with Crippen LogP contribution in [0.1, 0.15) is 17.9 Å². The minimum absolute atomic E-state index is 0.00282. The van der Waals surface area contributed by atoms with Crippen molar-refractivity contribution in [2.24, 2.45) is 5.92 Å². The highest BCUT2D eigenvalue weighted by atomic mass is 127. The first-order chi connectivity index (χ1) is 8.77. The summed E-state index contributed by atoms with van der Waals surface area (Å²) in [4.78, 5) is 12.2. The zero-order valence-electron chi connectivity index (χ0n) is 9.92. The van der Waals surface area contributed by atoms with Crippen LogP contribution in [0.15, 0.2) is 54.3 Å². The Morgan fingerprint density at radius 1 is 1.22 bits per heavy atom. The highest BCUT2D eigenvalue weighted by molar-refractivity contribution is 14.1. The summed E-state index contributed by atoms with van der Waals surface area (Å²) in [6.07, 6.45) is 6.69. The fraction of sp³-hybridized carbons (Fsp3) is 0.267. The van der Waals surface area contributed by atoms with E-state index in [1.807, 2.05) is 12.1 Å². The number of ketones is 1. The Labute approximate surface area is 121 Å². The molecule has 1 heterocycles. The van der Waals surface area contributed by atoms with Crippen LogP contribution < -0.4 is 0 Å². The minimum Gasteiger partial charge on any atom is -0.318 e. The molecule has 1 aromatic carbocycles. The fourth-order valence-electron chi connectivity index (χ4n) is 2.84. The van der Waals surface area contributed by atoms with Crippen LogP contribution in [0.5, 0.6) is 0 Å². The number of fused-ring (bicyclic) bond motifs is 1. The molecule has 2 atom stereocenters. The molecule has 1 aliphatic carbocycles. The molecule has 0 bridgehead atoms. The maximum Gasteiger partial charge on any atom is 0.165 e. The number of benzene rings is 1. The Bertz CT molecular complexity index is 521. The van der Waals surface area contributed by atoms with Crippen LogP contribution in [0.3, 0.4) is 0 Å². The number of nitrogens with zero attached hydrogens (tertiary/aromatic N) is 1. The summed E-state index contributed by atoms with van der Waals surface area (Å²) >= 11 is 2.31. The van der Waals surface area contributed by atoms with E-state index in [-0.39, 0.29) is 11.7 Å². The summed E-state index contributed by atoms with van der Waals surface area (Å²) in [7, 11) is 0. The second-order valence-electron chi connectivity index (χ2n) is 4.72. The Morgan fingerprint density at radius 3 is 2.78 bits per heavy atom. The maximum absolute atomic E-state index is 12.2. The molecule has 92 valence electrons. The molecule has 1 saturated heterocycles. The average Bonchev–Trinajstić information content (AvgIpc) is 2.41. The summed E-state index contributed by atoms with van der Waals surface area (Å²) in [5.74, 6) is 0.562. The molecule has 3 rings (SSSR count). The van der Waals surface area contributed by atoms with E-state index < -0.39 is 0 Å². The van der Waals surface area contributed by atoms with E-state index in [1.54, 1.807) is 6.08 Å². The summed E-state index contributed by atoms with van der Waals surface area (Å²) in [5, 5.41) is 0. The molecule has 1 fully saturated rings. The lowest BCUT2D eigenvalue weighted by molar-refractivity contribution is -0.118. The van der Waals surface area contributed by atoms with Gasteiger partial charge in [-0.3, -0.25) is 4.79 Å². The standard InChI is InChI=1S/C15H14INO/c16-17-10-9-12(11-5-2-1-3-6-11)15-13(17)7-4-8-14(15)18/h1-8,12,15H,9-10H2. The van der Waals surface area contributed by atoms with Gasteiger partial charge >= 0.3 is 0 Å². The van der Waals surface area contributed by atoms with E-state index in [0.29, 0.717) is 5.92 Å². The van der Waals surface area contributed by atoms with Crippen LogP contribution in [-0.2, 0) is 4.79 Å². The molecule has 0 saturated carbocycles. The Balaban J connectivity index is 2.00. The number of hydrogen-bond donors (Lipinski definition) is 0. The molecule has 3 heteroatoms. The Morgan fingerprint density at radius 2 is 2.00 bits per heavy atom. The predicted molar refractivity (Wildman–Crippen MR) is 80.2 cm³/mol. The average molecular weight is 351 g/mol. The zero-order chi connectivity index (χ0) is 12.5. The van der Waals surface area contributed by atoms with Gasteiger partial charge in [0.2, 0.25) is 0 Å². The SMILES string of the molecule is O=C1C=CC=C2C1C(c1ccccc1)CCN2I. The molecule has 1 aliphatic heterocycles. The predicted octanol–water partition coefficient (Wildman–Crippen LogP) is 3.46. The van der Waals surface area contributed by atoms with Crippen molar-refractivity contribution < 1.29 is 4.79 Å². The molecule has 18 heavy (non-hydrogen) atoms. The fourth-order valence-corrected chi connectivity index (χ4v) is 3.58. The van der Waals surface area contributed by atoms with Crippen molar-refractivity contribution in [1.82, 2.24) is 3.11 Å². The number of hydrogen-bond acceptors (Lipinski definition) is 2. The molecule has 0 spiro atoms. The van der Waals surface area contributed by atoms with Crippen molar-refractivity contribution >= 4 is 28.6 Å². The largest absolute Gasteiger partial charge is 0.318 e. The van der Waals surface area contributed by atoms with E-state index in [4.69, 9.17) is 0 Å². The van der Waals surface area contributed by atoms with Crippen LogP contribution in [0.25, 0.3) is 0 Å². The van der Waals surface area contributed by atoms with Crippen molar-refractivity contribution in [3.05, 3.63) is 59.8 Å². The molecular formula is C15H14INO. The van der Waals surface area contributed by atoms with Gasteiger partial charge in [0.15, 0.2) is 5.78 Å². The molecule has 0 N–H and O–H groups in total. The number of allylic oxidation sites excluding steroid dienone is 4. The third-order valence-corrected chi connectivity index (χ3v) is 4.74. The first-order valence-electron chi connectivity index (χ1n) is 6.18. The van der Waals surface area contributed by atoms with Crippen molar-refractivity contribution in [3.8, 4) is 0 Å². The van der Waals surface area contributed by atoms with E-state index in [0.717, 1.165) is 18.7 Å². The molecule has 2 unspecified atom stereocenters. The lowest BCUT2D eigenvalue weighted by atomic mass is 9.75. The van der Waals surface area contributed by atoms with Crippen LogP contribution >= 0.6 is 22.9 Å². The topological polar surface area (TPSA) is 20.3 Å². The Hall–Kier alpha value is -1.10. The van der Waals surface area contributed by atoms with Crippen molar-refractivity contribution in [3.63, 3.8) is 0 Å². The normalized spacial score (nSPS) is 26.8. The maximum atomic E-state index is 12.2. The van der Waals surface area contributed by atoms with Gasteiger partial charge in [0.25, 0.3) is 0 Å². The summed E-state index contributed by atoms with van der Waals surface area (Å²) in [6.45, 7) is 1.00. The van der Waals surface area contributed by atoms with Gasteiger partial charge in [-0.2, -0.15) is 0 Å². The minimum atomic E-state index is 0.00282. The van der Waals surface area contributed by atoms with Gasteiger partial charge in [-0.15, -0.1) is 0 Å². The number of rotatable bonds is 1. The third-order valence-electron chi connectivity index (χ3n) is 3.70. The van der Waals surface area contributed by atoms with Crippen molar-refractivity contribution in [1.29, 1.82) is 0 Å². The molecule has 0 radical (unpaired) electrons. The monoisotopic (exact) mass is 351 g/mol. The van der Waals surface area contributed by atoms with Gasteiger partial charge in [-0.25, -0.2) is 0 Å². The van der Waals surface area contributed by atoms with Gasteiger partial charge in [0.05, 0.1) is 28.8 Å². The summed E-state index contributed by atoms with van der Waals surface area (Å²) in [6, 6.07) is 10.4. The van der Waals surface area contributed by atoms with Crippen LogP contribution in [0, 0.1) is 5.92 Å². The quantitative estimate of drug-likeness (QED) is 0.571. The first kappa shape index (κ1) is 12.0. The van der Waals surface area contributed by atoms with E-state index >= 15 is 0 Å². The third kappa shape index (κ3) is 2.00. The van der Waals surface area contributed by atoms with Gasteiger partial charge < -0.3 is 3.11 Å². The molecule has 0 aromatic heterocycles. The number of piperidine rings is 1. The lowest BCUT2D eigenvalue weighted by Gasteiger charge is -2.39. The molecule has 2 nitrogen and oxygen atoms in total. The van der Waals surface area contributed by atoms with Gasteiger partial charge in [0, 0.05) is 18.2 Å². The van der Waals surface area contributed by atoms with Gasteiger partial charge in [0.1, 0.15) is 0 Å². The first-order valence-corrected chi connectivity index (χ1v) is 7.14. The van der Waals surface area contributed by atoms with Crippen molar-refractivity contribution in [2.75, 3.05) is 6.54 Å². The molecule has 0 amide bonds. The summed E-state index contributed by atoms with van der Waals surface area (Å²) < 4.78 is 2.18. The van der Waals surface area contributed by atoms with Crippen LogP contribution in [0.2, 0.25) is 0 Å². The number of carbonyl (C=O) groups is 1. The van der Waals surface area contributed by atoms with E-state index in [2.05, 4.69) is 56.3 Å². The van der Waals surface area contributed by atoms with Crippen molar-refractivity contribution in [2.45, 2.75) is 12.3 Å². The second kappa shape index (κ2) is 4.88. The number of halogens is 1. The van der Waals surface area contributed by atoms with Gasteiger partial charge in [-0.05, 0) is 24.1 Å². The highest BCUT2D eigenvalue weighted by Crippen LogP contribution is 2.42. The lowest BCUT2D eigenvalue weighted by Crippen LogP contribution is -2.37. The second-order valence-corrected chi connectivity index (χ2v) is 5.89. The smallest absolute Gasteiger partial charge is 0.165 e. The van der Waals surface area contributed by atoms with Gasteiger partial charge in [-0.1, -0.05) is 36.4 Å².